The minimum atomic E-state index is -0.821. The second kappa shape index (κ2) is 19.9. The first kappa shape index (κ1) is 39.5. The Balaban J connectivity index is 1.27. The highest BCUT2D eigenvalue weighted by Gasteiger charge is 2.39. The van der Waals surface area contributed by atoms with Gasteiger partial charge in [-0.2, -0.15) is 0 Å². The lowest BCUT2D eigenvalue weighted by Gasteiger charge is -2.37. The van der Waals surface area contributed by atoms with Crippen LogP contribution >= 0.6 is 0 Å². The van der Waals surface area contributed by atoms with E-state index in [4.69, 9.17) is 10.5 Å². The number of piperidine rings is 1. The van der Waals surface area contributed by atoms with Crippen LogP contribution in [0, 0.1) is 17.8 Å². The third kappa shape index (κ3) is 11.4. The molecule has 5 amide bonds. The van der Waals surface area contributed by atoms with Crippen LogP contribution in [0.25, 0.3) is 0 Å². The molecule has 0 aromatic rings. The normalized spacial score (nSPS) is 30.2. The van der Waals surface area contributed by atoms with E-state index in [1.54, 1.807) is 7.05 Å². The minimum absolute atomic E-state index is 0.0111. The van der Waals surface area contributed by atoms with Gasteiger partial charge in [0, 0.05) is 33.1 Å². The molecule has 2 saturated carbocycles. The molecule has 5 rings (SSSR count). The highest BCUT2D eigenvalue weighted by Crippen LogP contribution is 2.32. The molecule has 3 saturated heterocycles. The highest BCUT2D eigenvalue weighted by molar-refractivity contribution is 5.91. The fourth-order valence-corrected chi connectivity index (χ4v) is 9.23. The molecule has 5 aliphatic rings. The van der Waals surface area contributed by atoms with Gasteiger partial charge in [0.1, 0.15) is 12.1 Å². The average Bonchev–Trinajstić information content (AvgIpc) is 3.62. The molecule has 3 aliphatic heterocycles. The van der Waals surface area contributed by atoms with Gasteiger partial charge in [-0.25, -0.2) is 0 Å². The number of fused-ring (bicyclic) bond motifs is 2. The van der Waals surface area contributed by atoms with Crippen molar-refractivity contribution in [2.75, 3.05) is 46.4 Å². The summed E-state index contributed by atoms with van der Waals surface area (Å²) in [5.74, 6) is -0.0425. The zero-order chi connectivity index (χ0) is 36.2. The van der Waals surface area contributed by atoms with Gasteiger partial charge >= 0.3 is 0 Å². The fraction of sp³-hybridized carbons (Fsp3) is 0.872. The Morgan fingerprint density at radius 3 is 2.24 bits per heavy atom. The van der Waals surface area contributed by atoms with Crippen LogP contribution in [-0.4, -0.2) is 115 Å². The van der Waals surface area contributed by atoms with E-state index in [-0.39, 0.29) is 55.2 Å². The second-order valence-corrected chi connectivity index (χ2v) is 16.2. The number of carbonyl (C=O) groups excluding carboxylic acids is 5. The monoisotopic (exact) mass is 715 g/mol. The molecule has 3 heterocycles. The van der Waals surface area contributed by atoms with E-state index in [9.17, 15) is 24.0 Å². The second-order valence-electron chi connectivity index (χ2n) is 16.2. The smallest absolute Gasteiger partial charge is 0.245 e. The Morgan fingerprint density at radius 2 is 1.49 bits per heavy atom. The lowest BCUT2D eigenvalue weighted by molar-refractivity contribution is -0.144. The van der Waals surface area contributed by atoms with Crippen molar-refractivity contribution in [1.29, 1.82) is 0 Å². The number of likely N-dealkylation sites (tertiary alicyclic amines) is 1. The summed E-state index contributed by atoms with van der Waals surface area (Å²) in [4.78, 5) is 73.5. The number of nitrogens with one attached hydrogen (secondary N) is 2. The number of ether oxygens (including phenoxy) is 1. The molecule has 51 heavy (non-hydrogen) atoms. The molecule has 5 atom stereocenters. The van der Waals surface area contributed by atoms with Crippen LogP contribution in [0.2, 0.25) is 0 Å². The third-order valence-electron chi connectivity index (χ3n) is 12.5. The highest BCUT2D eigenvalue weighted by atomic mass is 16.5. The van der Waals surface area contributed by atoms with Gasteiger partial charge in [-0.3, -0.25) is 24.0 Å². The first-order chi connectivity index (χ1) is 24.7. The number of rotatable bonds is 8. The first-order valence-electron chi connectivity index (χ1n) is 20.5. The molecule has 0 aromatic carbocycles. The summed E-state index contributed by atoms with van der Waals surface area (Å²) in [5.41, 5.74) is 5.73. The Hall–Kier alpha value is -2.73. The van der Waals surface area contributed by atoms with Gasteiger partial charge in [-0.05, 0) is 82.6 Å². The zero-order valence-electron chi connectivity index (χ0n) is 31.3. The first-order valence-corrected chi connectivity index (χ1v) is 20.5. The van der Waals surface area contributed by atoms with Crippen LogP contribution in [0.1, 0.15) is 128 Å². The summed E-state index contributed by atoms with van der Waals surface area (Å²) in [6.07, 6.45) is 18.0. The van der Waals surface area contributed by atoms with Crippen LogP contribution in [0.5, 0.6) is 0 Å². The fourth-order valence-electron chi connectivity index (χ4n) is 9.23. The van der Waals surface area contributed by atoms with E-state index in [1.165, 1.54) is 49.8 Å². The molecule has 2 aliphatic carbocycles. The van der Waals surface area contributed by atoms with Crippen molar-refractivity contribution in [2.24, 2.45) is 23.5 Å². The number of hydrogen-bond acceptors (Lipinski definition) is 7. The van der Waals surface area contributed by atoms with Crippen molar-refractivity contribution < 1.29 is 28.7 Å². The maximum atomic E-state index is 14.1. The predicted molar refractivity (Wildman–Crippen MR) is 195 cm³/mol. The third-order valence-corrected chi connectivity index (χ3v) is 12.5. The molecule has 0 spiro atoms. The van der Waals surface area contributed by atoms with E-state index < -0.39 is 23.9 Å². The van der Waals surface area contributed by atoms with Crippen molar-refractivity contribution in [3.63, 3.8) is 0 Å². The number of nitrogens with two attached hydrogens (primary N) is 1. The number of carbonyl (C=O) groups is 5. The number of hydrogen-bond donors (Lipinski definition) is 3. The molecular formula is C39H66N6O6. The Morgan fingerprint density at radius 1 is 0.784 bits per heavy atom. The van der Waals surface area contributed by atoms with Crippen LogP contribution in [0.3, 0.4) is 0 Å². The van der Waals surface area contributed by atoms with Crippen molar-refractivity contribution in [3.8, 4) is 0 Å². The zero-order valence-corrected chi connectivity index (χ0v) is 31.3. The number of nitrogens with zero attached hydrogens (tertiary/aromatic N) is 3. The van der Waals surface area contributed by atoms with Crippen molar-refractivity contribution in [3.05, 3.63) is 0 Å². The van der Waals surface area contributed by atoms with E-state index in [0.717, 1.165) is 57.3 Å². The van der Waals surface area contributed by atoms with Gasteiger partial charge < -0.3 is 35.8 Å². The summed E-state index contributed by atoms with van der Waals surface area (Å²) < 4.78 is 6.49. The minimum Gasteiger partial charge on any atom is -0.375 e. The molecule has 288 valence electrons. The summed E-state index contributed by atoms with van der Waals surface area (Å²) in [7, 11) is 1.57. The average molecular weight is 715 g/mol. The standard InChI is InChI=1S/C39H66N6O6/c1-43-26-35(46)41-32(14-7-8-22-40)39(50)45-23-9-12-30(45)27-51-34-15-6-5-13-31(34)37(48)42-33(18-19-36(43)47)38(49)44-24-20-29(21-25-44)17-16-28-10-3-2-4-11-28/h28-34H,2-27,40H2,1H3,(H,41,46)(H,42,48)/t30-,31?,32+,33+,34?/m1/s1. The number of amides is 5. The maximum Gasteiger partial charge on any atom is 0.245 e. The van der Waals surface area contributed by atoms with Crippen molar-refractivity contribution in [1.82, 2.24) is 25.3 Å². The Bertz CT molecular complexity index is 1170. The van der Waals surface area contributed by atoms with Gasteiger partial charge in [0.25, 0.3) is 0 Å². The van der Waals surface area contributed by atoms with E-state index in [0.29, 0.717) is 58.0 Å². The van der Waals surface area contributed by atoms with E-state index in [2.05, 4.69) is 10.6 Å². The number of unbranched alkanes of at least 4 members (excludes halogenated alkanes) is 1. The lowest BCUT2D eigenvalue weighted by atomic mass is 9.82. The largest absolute Gasteiger partial charge is 0.375 e. The molecule has 2 unspecified atom stereocenters. The molecule has 5 fully saturated rings. The molecule has 0 radical (unpaired) electrons. The Kier molecular flexibility index (Phi) is 15.4. The van der Waals surface area contributed by atoms with Crippen molar-refractivity contribution >= 4 is 29.5 Å². The summed E-state index contributed by atoms with van der Waals surface area (Å²) in [6, 6.07) is -1.67. The molecular weight excluding hydrogens is 648 g/mol. The van der Waals surface area contributed by atoms with Crippen LogP contribution in [0.15, 0.2) is 0 Å². The molecule has 12 nitrogen and oxygen atoms in total. The summed E-state index contributed by atoms with van der Waals surface area (Å²) in [5, 5.41) is 6.01. The van der Waals surface area contributed by atoms with Crippen LogP contribution in [-0.2, 0) is 28.7 Å². The molecule has 12 heteroatoms. The van der Waals surface area contributed by atoms with Crippen LogP contribution in [0.4, 0.5) is 0 Å². The predicted octanol–water partition coefficient (Wildman–Crippen LogP) is 3.50. The summed E-state index contributed by atoms with van der Waals surface area (Å²) in [6.45, 7) is 2.57. The quantitative estimate of drug-likeness (QED) is 0.325. The van der Waals surface area contributed by atoms with Crippen LogP contribution < -0.4 is 16.4 Å². The maximum absolute atomic E-state index is 14.1. The number of likely N-dealkylation sites (N-methyl/N-ethyl adjacent to an activating group) is 1. The van der Waals surface area contributed by atoms with Crippen molar-refractivity contribution in [2.45, 2.75) is 153 Å². The molecule has 4 N–H and O–H groups in total. The van der Waals surface area contributed by atoms with Gasteiger partial charge in [-0.15, -0.1) is 0 Å². The van der Waals surface area contributed by atoms with Gasteiger partial charge in [-0.1, -0.05) is 57.8 Å². The molecule has 0 bridgehead atoms. The summed E-state index contributed by atoms with van der Waals surface area (Å²) >= 11 is 0. The van der Waals surface area contributed by atoms with E-state index in [1.807, 2.05) is 9.80 Å². The SMILES string of the molecule is CN1CC(=O)N[C@@H](CCCCN)C(=O)N2CCC[C@@H]2COC2CCCCC2C(=O)N[C@H](C(=O)N2CCC(CCC3CCCCC3)CC2)CCC1=O. The van der Waals surface area contributed by atoms with E-state index >= 15 is 0 Å². The van der Waals surface area contributed by atoms with Gasteiger partial charge in [0.2, 0.25) is 29.5 Å². The molecule has 0 aromatic heterocycles. The Labute approximate surface area is 305 Å². The van der Waals surface area contributed by atoms with Gasteiger partial charge in [0.05, 0.1) is 31.2 Å². The lowest BCUT2D eigenvalue weighted by Crippen LogP contribution is -2.54. The van der Waals surface area contributed by atoms with Gasteiger partial charge in [0.15, 0.2) is 0 Å². The topological polar surface area (TPSA) is 154 Å².